The molecular formula is C14H14FNOS. The zero-order valence-corrected chi connectivity index (χ0v) is 10.8. The van der Waals surface area contributed by atoms with Crippen LogP contribution in [0.15, 0.2) is 41.8 Å². The molecule has 1 amide bonds. The van der Waals surface area contributed by atoms with Gasteiger partial charge in [0.1, 0.15) is 5.82 Å². The van der Waals surface area contributed by atoms with Crippen molar-refractivity contribution in [2.75, 3.05) is 0 Å². The second-order valence-corrected chi connectivity index (χ2v) is 5.12. The number of rotatable bonds is 4. The van der Waals surface area contributed by atoms with Crippen molar-refractivity contribution in [3.05, 3.63) is 58.0 Å². The Morgan fingerprint density at radius 2 is 2.06 bits per heavy atom. The molecule has 1 aromatic carbocycles. The van der Waals surface area contributed by atoms with Crippen molar-refractivity contribution in [2.24, 2.45) is 0 Å². The topological polar surface area (TPSA) is 29.1 Å². The normalized spacial score (nSPS) is 12.1. The van der Waals surface area contributed by atoms with E-state index in [4.69, 9.17) is 0 Å². The quantitative estimate of drug-likeness (QED) is 0.901. The zero-order valence-electron chi connectivity index (χ0n) is 10.0. The van der Waals surface area contributed by atoms with Crippen LogP contribution in [0.4, 0.5) is 4.39 Å². The lowest BCUT2D eigenvalue weighted by molar-refractivity contribution is -0.119. The van der Waals surface area contributed by atoms with Gasteiger partial charge in [0, 0.05) is 18.2 Å². The fourth-order valence-corrected chi connectivity index (χ4v) is 2.57. The molecule has 0 aliphatic rings. The molecule has 2 rings (SSSR count). The van der Waals surface area contributed by atoms with Crippen molar-refractivity contribution in [1.29, 1.82) is 0 Å². The molecule has 1 heterocycles. The van der Waals surface area contributed by atoms with E-state index in [1.165, 1.54) is 23.9 Å². The molecule has 94 valence electrons. The van der Waals surface area contributed by atoms with Crippen LogP contribution in [0.5, 0.6) is 0 Å². The Morgan fingerprint density at radius 1 is 1.33 bits per heavy atom. The molecule has 0 aliphatic heterocycles. The molecule has 0 radical (unpaired) electrons. The van der Waals surface area contributed by atoms with Crippen molar-refractivity contribution >= 4 is 17.2 Å². The van der Waals surface area contributed by atoms with E-state index in [0.717, 1.165) is 12.0 Å². The summed E-state index contributed by atoms with van der Waals surface area (Å²) in [5.74, 6) is -0.350. The van der Waals surface area contributed by atoms with E-state index in [9.17, 15) is 9.18 Å². The summed E-state index contributed by atoms with van der Waals surface area (Å²) in [6.45, 7) is 1.49. The van der Waals surface area contributed by atoms with Gasteiger partial charge in [-0.25, -0.2) is 4.39 Å². The average molecular weight is 263 g/mol. The number of thiophene rings is 1. The van der Waals surface area contributed by atoms with Crippen molar-refractivity contribution in [3.63, 3.8) is 0 Å². The summed E-state index contributed by atoms with van der Waals surface area (Å²) >= 11 is 1.65. The minimum absolute atomic E-state index is 0.0825. The third kappa shape index (κ3) is 3.40. The molecule has 1 atom stereocenters. The molecule has 0 saturated carbocycles. The van der Waals surface area contributed by atoms with E-state index in [1.54, 1.807) is 23.5 Å². The van der Waals surface area contributed by atoms with E-state index in [0.29, 0.717) is 0 Å². The van der Waals surface area contributed by atoms with Crippen LogP contribution in [0.3, 0.4) is 0 Å². The van der Waals surface area contributed by atoms with Crippen molar-refractivity contribution < 1.29 is 9.18 Å². The smallest absolute Gasteiger partial charge is 0.217 e. The monoisotopic (exact) mass is 263 g/mol. The third-order valence-electron chi connectivity index (χ3n) is 2.64. The predicted octanol–water partition coefficient (Wildman–Crippen LogP) is 3.31. The lowest BCUT2D eigenvalue weighted by atomic mass is 10.0. The molecule has 1 N–H and O–H groups in total. The molecule has 0 spiro atoms. The van der Waals surface area contributed by atoms with Crippen LogP contribution in [0.1, 0.15) is 23.4 Å². The van der Waals surface area contributed by atoms with Gasteiger partial charge in [-0.3, -0.25) is 4.79 Å². The fraction of sp³-hybridized carbons (Fsp3) is 0.214. The van der Waals surface area contributed by atoms with Crippen LogP contribution >= 0.6 is 11.3 Å². The highest BCUT2D eigenvalue weighted by Crippen LogP contribution is 2.21. The highest BCUT2D eigenvalue weighted by molar-refractivity contribution is 7.09. The minimum Gasteiger partial charge on any atom is -0.349 e. The number of carbonyl (C=O) groups excluding carboxylic acids is 1. The van der Waals surface area contributed by atoms with Gasteiger partial charge in [-0.15, -0.1) is 11.3 Å². The van der Waals surface area contributed by atoms with Crippen LogP contribution < -0.4 is 5.32 Å². The van der Waals surface area contributed by atoms with Gasteiger partial charge in [0.05, 0.1) is 6.04 Å². The van der Waals surface area contributed by atoms with Crippen molar-refractivity contribution in [2.45, 2.75) is 19.4 Å². The molecule has 1 unspecified atom stereocenters. The Bertz CT molecular complexity index is 507. The van der Waals surface area contributed by atoms with Crippen LogP contribution in [0.2, 0.25) is 0 Å². The average Bonchev–Trinajstić information content (AvgIpc) is 2.81. The number of hydrogen-bond acceptors (Lipinski definition) is 2. The highest BCUT2D eigenvalue weighted by atomic mass is 32.1. The summed E-state index contributed by atoms with van der Waals surface area (Å²) in [6, 6.07) is 10.2. The molecule has 1 aromatic heterocycles. The number of nitrogens with one attached hydrogen (secondary N) is 1. The van der Waals surface area contributed by atoms with Gasteiger partial charge >= 0.3 is 0 Å². The summed E-state index contributed by atoms with van der Waals surface area (Å²) in [7, 11) is 0. The maximum Gasteiger partial charge on any atom is 0.217 e. The first kappa shape index (κ1) is 12.8. The predicted molar refractivity (Wildman–Crippen MR) is 71.0 cm³/mol. The molecule has 0 aliphatic carbocycles. The second-order valence-electron chi connectivity index (χ2n) is 4.09. The number of hydrogen-bond donors (Lipinski definition) is 1. The molecule has 0 fully saturated rings. The standard InChI is InChI=1S/C14H14FNOS/c1-10(17)16-14(9-13-3-2-8-18-13)11-4-6-12(15)7-5-11/h2-8,14H,9H2,1H3,(H,16,17). The van der Waals surface area contributed by atoms with E-state index in [1.807, 2.05) is 17.5 Å². The summed E-state index contributed by atoms with van der Waals surface area (Å²) in [5.41, 5.74) is 0.917. The maximum atomic E-state index is 12.9. The van der Waals surface area contributed by atoms with E-state index in [-0.39, 0.29) is 17.8 Å². The molecule has 4 heteroatoms. The summed E-state index contributed by atoms with van der Waals surface area (Å²) < 4.78 is 12.9. The van der Waals surface area contributed by atoms with E-state index >= 15 is 0 Å². The van der Waals surface area contributed by atoms with Crippen LogP contribution in [-0.4, -0.2) is 5.91 Å². The minimum atomic E-state index is -0.267. The molecule has 0 saturated heterocycles. The highest BCUT2D eigenvalue weighted by Gasteiger charge is 2.14. The first-order chi connectivity index (χ1) is 8.65. The summed E-state index contributed by atoms with van der Waals surface area (Å²) in [6.07, 6.45) is 0.725. The largest absolute Gasteiger partial charge is 0.349 e. The Hall–Kier alpha value is -1.68. The number of carbonyl (C=O) groups is 1. The van der Waals surface area contributed by atoms with Crippen LogP contribution in [0.25, 0.3) is 0 Å². The lowest BCUT2D eigenvalue weighted by Gasteiger charge is -2.17. The first-order valence-electron chi connectivity index (χ1n) is 5.70. The number of halogens is 1. The van der Waals surface area contributed by atoms with E-state index < -0.39 is 0 Å². The van der Waals surface area contributed by atoms with Gasteiger partial charge in [-0.2, -0.15) is 0 Å². The Labute approximate surface area is 109 Å². The van der Waals surface area contributed by atoms with Gasteiger partial charge < -0.3 is 5.32 Å². The third-order valence-corrected chi connectivity index (χ3v) is 3.53. The zero-order chi connectivity index (χ0) is 13.0. The fourth-order valence-electron chi connectivity index (χ4n) is 1.82. The molecule has 18 heavy (non-hydrogen) atoms. The number of amides is 1. The molecule has 0 bridgehead atoms. The maximum absolute atomic E-state index is 12.9. The lowest BCUT2D eigenvalue weighted by Crippen LogP contribution is -2.27. The SMILES string of the molecule is CC(=O)NC(Cc1cccs1)c1ccc(F)cc1. The second kappa shape index (κ2) is 5.78. The summed E-state index contributed by atoms with van der Waals surface area (Å²) in [5, 5.41) is 4.90. The Morgan fingerprint density at radius 3 is 2.61 bits per heavy atom. The first-order valence-corrected chi connectivity index (χ1v) is 6.58. The van der Waals surface area contributed by atoms with Crippen molar-refractivity contribution in [1.82, 2.24) is 5.32 Å². The van der Waals surface area contributed by atoms with Gasteiger partial charge in [0.15, 0.2) is 0 Å². The van der Waals surface area contributed by atoms with Gasteiger partial charge in [-0.05, 0) is 29.1 Å². The van der Waals surface area contributed by atoms with Crippen LogP contribution in [0, 0.1) is 5.82 Å². The van der Waals surface area contributed by atoms with E-state index in [2.05, 4.69) is 5.32 Å². The number of benzene rings is 1. The molecular weight excluding hydrogens is 249 g/mol. The van der Waals surface area contributed by atoms with Crippen molar-refractivity contribution in [3.8, 4) is 0 Å². The molecule has 2 nitrogen and oxygen atoms in total. The molecule has 2 aromatic rings. The van der Waals surface area contributed by atoms with Gasteiger partial charge in [0.2, 0.25) is 5.91 Å². The van der Waals surface area contributed by atoms with Gasteiger partial charge in [-0.1, -0.05) is 18.2 Å². The van der Waals surface area contributed by atoms with Gasteiger partial charge in [0.25, 0.3) is 0 Å². The summed E-state index contributed by atoms with van der Waals surface area (Å²) in [4.78, 5) is 12.4. The Kier molecular flexibility index (Phi) is 4.10. The van der Waals surface area contributed by atoms with Crippen LogP contribution in [-0.2, 0) is 11.2 Å². The Balaban J connectivity index is 2.19.